The molecule has 0 aliphatic heterocycles. The van der Waals surface area contributed by atoms with E-state index in [1.807, 2.05) is 11.5 Å². The number of carbonyl (C=O) groups excluding carboxylic acids is 3. The van der Waals surface area contributed by atoms with Crippen LogP contribution in [0, 0.1) is 24.0 Å². The summed E-state index contributed by atoms with van der Waals surface area (Å²) in [7, 11) is 1.30. The van der Waals surface area contributed by atoms with Crippen molar-refractivity contribution in [1.82, 2.24) is 4.57 Å². The van der Waals surface area contributed by atoms with E-state index in [1.54, 1.807) is 37.3 Å². The standard InChI is InChI=1S/C23H20N2O7/c1-14-12-19(15(2)24(14)17-10-8-16(9-11-17)22(27)31-3)21(26)13-32-23(28)18-6-4-5-7-20(18)25(29)30/h4-12H,13H2,1-3H3. The van der Waals surface area contributed by atoms with Gasteiger partial charge in [0.2, 0.25) is 5.78 Å². The lowest BCUT2D eigenvalue weighted by Crippen LogP contribution is -2.16. The first-order valence-electron chi connectivity index (χ1n) is 9.56. The number of nitro groups is 1. The summed E-state index contributed by atoms with van der Waals surface area (Å²) in [6.45, 7) is 3.01. The Bertz CT molecular complexity index is 1210. The second kappa shape index (κ2) is 9.25. The number of ketones is 1. The molecule has 0 bridgehead atoms. The number of rotatable bonds is 7. The van der Waals surface area contributed by atoms with Crippen LogP contribution < -0.4 is 0 Å². The predicted molar refractivity (Wildman–Crippen MR) is 114 cm³/mol. The molecule has 0 spiro atoms. The summed E-state index contributed by atoms with van der Waals surface area (Å²) in [4.78, 5) is 47.0. The monoisotopic (exact) mass is 436 g/mol. The summed E-state index contributed by atoms with van der Waals surface area (Å²) in [5.41, 5.74) is 2.28. The summed E-state index contributed by atoms with van der Waals surface area (Å²) in [6, 6.07) is 13.8. The number of para-hydroxylation sites is 1. The fraction of sp³-hybridized carbons (Fsp3) is 0.174. The molecule has 0 fully saturated rings. The minimum Gasteiger partial charge on any atom is -0.465 e. The number of benzene rings is 2. The second-order valence-corrected chi connectivity index (χ2v) is 6.93. The lowest BCUT2D eigenvalue weighted by molar-refractivity contribution is -0.385. The third kappa shape index (κ3) is 4.41. The smallest absolute Gasteiger partial charge is 0.345 e. The van der Waals surface area contributed by atoms with Crippen molar-refractivity contribution in [2.45, 2.75) is 13.8 Å². The van der Waals surface area contributed by atoms with Crippen molar-refractivity contribution >= 4 is 23.4 Å². The molecule has 0 amide bonds. The molecule has 9 nitrogen and oxygen atoms in total. The van der Waals surface area contributed by atoms with Crippen LogP contribution in [0.3, 0.4) is 0 Å². The molecule has 1 aromatic heterocycles. The number of esters is 2. The number of hydrogen-bond donors (Lipinski definition) is 0. The number of nitro benzene ring substituents is 1. The number of carbonyl (C=O) groups is 3. The molecule has 0 atom stereocenters. The first kappa shape index (κ1) is 22.4. The third-order valence-electron chi connectivity index (χ3n) is 4.93. The number of aryl methyl sites for hydroxylation is 1. The molecule has 164 valence electrons. The lowest BCUT2D eigenvalue weighted by atomic mass is 10.1. The largest absolute Gasteiger partial charge is 0.465 e. The molecule has 0 unspecified atom stereocenters. The highest BCUT2D eigenvalue weighted by molar-refractivity contribution is 6.01. The molecule has 3 rings (SSSR count). The SMILES string of the molecule is COC(=O)c1ccc(-n2c(C)cc(C(=O)COC(=O)c3ccccc3[N+](=O)[O-])c2C)cc1. The van der Waals surface area contributed by atoms with Gasteiger partial charge in [0.1, 0.15) is 5.56 Å². The van der Waals surface area contributed by atoms with Crippen LogP contribution in [0.2, 0.25) is 0 Å². The van der Waals surface area contributed by atoms with Crippen LogP contribution in [0.4, 0.5) is 5.69 Å². The third-order valence-corrected chi connectivity index (χ3v) is 4.93. The van der Waals surface area contributed by atoms with Gasteiger partial charge in [-0.1, -0.05) is 12.1 Å². The highest BCUT2D eigenvalue weighted by Gasteiger charge is 2.23. The van der Waals surface area contributed by atoms with Gasteiger partial charge in [-0.2, -0.15) is 0 Å². The zero-order valence-electron chi connectivity index (χ0n) is 17.7. The van der Waals surface area contributed by atoms with Crippen LogP contribution in [0.5, 0.6) is 0 Å². The Hall–Kier alpha value is -4.27. The Morgan fingerprint density at radius 1 is 0.969 bits per heavy atom. The first-order chi connectivity index (χ1) is 15.2. The van der Waals surface area contributed by atoms with Gasteiger partial charge in [-0.05, 0) is 50.2 Å². The minimum absolute atomic E-state index is 0.221. The van der Waals surface area contributed by atoms with Crippen molar-refractivity contribution in [3.05, 3.63) is 92.8 Å². The van der Waals surface area contributed by atoms with Crippen molar-refractivity contribution in [1.29, 1.82) is 0 Å². The van der Waals surface area contributed by atoms with E-state index in [0.717, 1.165) is 11.4 Å². The van der Waals surface area contributed by atoms with Gasteiger partial charge in [0, 0.05) is 28.7 Å². The van der Waals surface area contributed by atoms with Crippen LogP contribution >= 0.6 is 0 Å². The molecular formula is C23H20N2O7. The molecular weight excluding hydrogens is 416 g/mol. The molecule has 0 radical (unpaired) electrons. The van der Waals surface area contributed by atoms with Crippen LogP contribution in [0.1, 0.15) is 42.5 Å². The number of aromatic nitrogens is 1. The summed E-state index contributed by atoms with van der Waals surface area (Å²) in [6.07, 6.45) is 0. The quantitative estimate of drug-likeness (QED) is 0.239. The van der Waals surface area contributed by atoms with Gasteiger partial charge in [-0.25, -0.2) is 9.59 Å². The van der Waals surface area contributed by atoms with Gasteiger partial charge in [0.05, 0.1) is 17.6 Å². The Morgan fingerprint density at radius 3 is 2.25 bits per heavy atom. The van der Waals surface area contributed by atoms with Gasteiger partial charge in [-0.15, -0.1) is 0 Å². The van der Waals surface area contributed by atoms with E-state index in [2.05, 4.69) is 0 Å². The van der Waals surface area contributed by atoms with E-state index in [9.17, 15) is 24.5 Å². The van der Waals surface area contributed by atoms with Crippen molar-refractivity contribution in [3.63, 3.8) is 0 Å². The topological polar surface area (TPSA) is 118 Å². The molecule has 0 aliphatic rings. The summed E-state index contributed by atoms with van der Waals surface area (Å²) in [5.74, 6) is -1.84. The van der Waals surface area contributed by atoms with Crippen molar-refractivity contribution < 1.29 is 28.8 Å². The fourth-order valence-electron chi connectivity index (χ4n) is 3.40. The summed E-state index contributed by atoms with van der Waals surface area (Å²) >= 11 is 0. The number of hydrogen-bond acceptors (Lipinski definition) is 7. The molecule has 3 aromatic rings. The van der Waals surface area contributed by atoms with E-state index >= 15 is 0 Å². The molecule has 0 N–H and O–H groups in total. The Labute approximate surface area is 183 Å². The molecule has 32 heavy (non-hydrogen) atoms. The van der Waals surface area contributed by atoms with Gasteiger partial charge in [0.25, 0.3) is 5.69 Å². The van der Waals surface area contributed by atoms with Crippen LogP contribution in [0.15, 0.2) is 54.6 Å². The Kier molecular flexibility index (Phi) is 6.48. The zero-order chi connectivity index (χ0) is 23.4. The average Bonchev–Trinajstić information content (AvgIpc) is 3.10. The van der Waals surface area contributed by atoms with Gasteiger partial charge in [-0.3, -0.25) is 14.9 Å². The number of ether oxygens (including phenoxy) is 2. The zero-order valence-corrected chi connectivity index (χ0v) is 17.7. The predicted octanol–water partition coefficient (Wildman–Crippen LogP) is 3.83. The number of Topliss-reactive ketones (excluding diaryl/α,β-unsaturated/α-hetero) is 1. The number of nitrogens with zero attached hydrogens (tertiary/aromatic N) is 2. The normalized spacial score (nSPS) is 10.5. The van der Waals surface area contributed by atoms with Crippen molar-refractivity contribution in [2.24, 2.45) is 0 Å². The van der Waals surface area contributed by atoms with Crippen LogP contribution in [-0.4, -0.2) is 40.9 Å². The Morgan fingerprint density at radius 2 is 1.62 bits per heavy atom. The molecule has 0 aliphatic carbocycles. The molecule has 0 saturated carbocycles. The van der Waals surface area contributed by atoms with E-state index < -0.39 is 34.9 Å². The van der Waals surface area contributed by atoms with Crippen molar-refractivity contribution in [2.75, 3.05) is 13.7 Å². The average molecular weight is 436 g/mol. The summed E-state index contributed by atoms with van der Waals surface area (Å²) in [5, 5.41) is 11.1. The van der Waals surface area contributed by atoms with Gasteiger partial charge >= 0.3 is 11.9 Å². The molecule has 2 aromatic carbocycles. The minimum atomic E-state index is -0.946. The van der Waals surface area contributed by atoms with Crippen molar-refractivity contribution in [3.8, 4) is 5.69 Å². The maximum Gasteiger partial charge on any atom is 0.345 e. The Balaban J connectivity index is 1.78. The van der Waals surface area contributed by atoms with Gasteiger partial charge < -0.3 is 14.0 Å². The van der Waals surface area contributed by atoms with Gasteiger partial charge in [0.15, 0.2) is 6.61 Å². The highest BCUT2D eigenvalue weighted by Crippen LogP contribution is 2.23. The second-order valence-electron chi connectivity index (χ2n) is 6.93. The molecule has 0 saturated heterocycles. The first-order valence-corrected chi connectivity index (χ1v) is 9.56. The molecule has 9 heteroatoms. The van der Waals surface area contributed by atoms with E-state index in [4.69, 9.17) is 9.47 Å². The maximum atomic E-state index is 12.7. The maximum absolute atomic E-state index is 12.7. The van der Waals surface area contributed by atoms with Crippen LogP contribution in [-0.2, 0) is 9.47 Å². The lowest BCUT2D eigenvalue weighted by Gasteiger charge is -2.11. The van der Waals surface area contributed by atoms with E-state index in [0.29, 0.717) is 16.8 Å². The summed E-state index contributed by atoms with van der Waals surface area (Å²) < 4.78 is 11.6. The van der Waals surface area contributed by atoms with E-state index in [1.165, 1.54) is 31.4 Å². The fourth-order valence-corrected chi connectivity index (χ4v) is 3.40. The van der Waals surface area contributed by atoms with E-state index in [-0.39, 0.29) is 5.56 Å². The highest BCUT2D eigenvalue weighted by atomic mass is 16.6. The molecule has 1 heterocycles. The van der Waals surface area contributed by atoms with Crippen LogP contribution in [0.25, 0.3) is 5.69 Å². The number of methoxy groups -OCH3 is 1.